The number of hydrogen-bond acceptors (Lipinski definition) is 8. The van der Waals surface area contributed by atoms with Crippen LogP contribution in [0, 0.1) is 0 Å². The predicted octanol–water partition coefficient (Wildman–Crippen LogP) is 2.49. The second-order valence-electron chi connectivity index (χ2n) is 6.56. The molecule has 1 N–H and O–H groups in total. The summed E-state index contributed by atoms with van der Waals surface area (Å²) in [7, 11) is -3.92. The van der Waals surface area contributed by atoms with Gasteiger partial charge in [0.05, 0.1) is 16.7 Å². The number of aromatic nitrogens is 2. The zero-order valence-corrected chi connectivity index (χ0v) is 17.5. The third kappa shape index (κ3) is 5.75. The molecule has 1 unspecified atom stereocenters. The Morgan fingerprint density at radius 2 is 2.24 bits per heavy atom. The monoisotopic (exact) mass is 443 g/mol. The number of rotatable bonds is 9. The first-order valence-electron chi connectivity index (χ1n) is 9.28. The van der Waals surface area contributed by atoms with Crippen molar-refractivity contribution >= 4 is 27.6 Å². The SMILES string of the molecule is CCCc1noc(COC(=O)c2ccc(Cl)c(S(=O)(=O)NCC3CCCO3)c2)n1. The number of carbonyl (C=O) groups excluding carboxylic acids is 1. The average Bonchev–Trinajstić information content (AvgIpc) is 3.37. The van der Waals surface area contributed by atoms with Gasteiger partial charge in [0.25, 0.3) is 5.89 Å². The van der Waals surface area contributed by atoms with E-state index >= 15 is 0 Å². The van der Waals surface area contributed by atoms with Crippen molar-refractivity contribution in [3.63, 3.8) is 0 Å². The fraction of sp³-hybridized carbons (Fsp3) is 0.500. The van der Waals surface area contributed by atoms with E-state index < -0.39 is 16.0 Å². The molecule has 1 aliphatic heterocycles. The van der Waals surface area contributed by atoms with Crippen LogP contribution in [0.1, 0.15) is 48.3 Å². The van der Waals surface area contributed by atoms with E-state index in [0.717, 1.165) is 19.3 Å². The van der Waals surface area contributed by atoms with Crippen LogP contribution < -0.4 is 4.72 Å². The summed E-state index contributed by atoms with van der Waals surface area (Å²) in [6.07, 6.45) is 3.05. The molecule has 9 nitrogen and oxygen atoms in total. The van der Waals surface area contributed by atoms with Crippen LogP contribution in [0.5, 0.6) is 0 Å². The maximum absolute atomic E-state index is 12.6. The normalized spacial score (nSPS) is 16.8. The summed E-state index contributed by atoms with van der Waals surface area (Å²) in [6, 6.07) is 3.91. The zero-order chi connectivity index (χ0) is 20.9. The van der Waals surface area contributed by atoms with Crippen LogP contribution in [0.15, 0.2) is 27.6 Å². The zero-order valence-electron chi connectivity index (χ0n) is 15.9. The summed E-state index contributed by atoms with van der Waals surface area (Å²) in [5.74, 6) is -0.0231. The van der Waals surface area contributed by atoms with E-state index in [0.29, 0.717) is 18.9 Å². The second-order valence-corrected chi connectivity index (χ2v) is 8.71. The Kier molecular flexibility index (Phi) is 7.23. The van der Waals surface area contributed by atoms with Crippen LogP contribution in [0.2, 0.25) is 5.02 Å². The summed E-state index contributed by atoms with van der Waals surface area (Å²) in [5.41, 5.74) is 0.0418. The summed E-state index contributed by atoms with van der Waals surface area (Å²) >= 11 is 6.05. The van der Waals surface area contributed by atoms with Gasteiger partial charge in [0.15, 0.2) is 12.4 Å². The number of benzene rings is 1. The summed E-state index contributed by atoms with van der Waals surface area (Å²) in [5, 5.41) is 3.78. The highest BCUT2D eigenvalue weighted by molar-refractivity contribution is 7.89. The maximum atomic E-state index is 12.6. The van der Waals surface area contributed by atoms with Crippen LogP contribution in [0.25, 0.3) is 0 Å². The van der Waals surface area contributed by atoms with Crippen molar-refractivity contribution < 1.29 is 27.2 Å². The van der Waals surface area contributed by atoms with Crippen molar-refractivity contribution in [2.75, 3.05) is 13.2 Å². The number of hydrogen-bond donors (Lipinski definition) is 1. The van der Waals surface area contributed by atoms with Crippen molar-refractivity contribution in [1.82, 2.24) is 14.9 Å². The van der Waals surface area contributed by atoms with Gasteiger partial charge in [0.1, 0.15) is 4.90 Å². The lowest BCUT2D eigenvalue weighted by Crippen LogP contribution is -2.32. The number of nitrogens with zero attached hydrogens (tertiary/aromatic N) is 2. The Hall–Kier alpha value is -2.01. The minimum Gasteiger partial charge on any atom is -0.452 e. The van der Waals surface area contributed by atoms with E-state index in [9.17, 15) is 13.2 Å². The molecular formula is C18H22ClN3O6S. The molecule has 1 aromatic heterocycles. The van der Waals surface area contributed by atoms with Crippen molar-refractivity contribution in [2.45, 2.75) is 50.2 Å². The highest BCUT2D eigenvalue weighted by Crippen LogP contribution is 2.23. The number of ether oxygens (including phenoxy) is 2. The Balaban J connectivity index is 1.65. The molecule has 11 heteroatoms. The smallest absolute Gasteiger partial charge is 0.338 e. The highest BCUT2D eigenvalue weighted by Gasteiger charge is 2.24. The standard InChI is InChI=1S/C18H22ClN3O6S/c1-2-4-16-21-17(28-22-16)11-27-18(23)12-6-7-14(19)15(9-12)29(24,25)20-10-13-5-3-8-26-13/h6-7,9,13,20H,2-5,8,10-11H2,1H3. The van der Waals surface area contributed by atoms with Crippen LogP contribution in [0.4, 0.5) is 0 Å². The molecule has 0 aliphatic carbocycles. The van der Waals surface area contributed by atoms with Crippen molar-refractivity contribution in [3.05, 3.63) is 40.5 Å². The van der Waals surface area contributed by atoms with Gasteiger partial charge in [-0.15, -0.1) is 0 Å². The van der Waals surface area contributed by atoms with E-state index in [2.05, 4.69) is 14.9 Å². The maximum Gasteiger partial charge on any atom is 0.338 e. The molecule has 3 rings (SSSR count). The van der Waals surface area contributed by atoms with Crippen molar-refractivity contribution in [2.24, 2.45) is 0 Å². The average molecular weight is 444 g/mol. The summed E-state index contributed by atoms with van der Waals surface area (Å²) < 4.78 is 43.2. The van der Waals surface area contributed by atoms with Crippen LogP contribution >= 0.6 is 11.6 Å². The first-order valence-corrected chi connectivity index (χ1v) is 11.1. The number of halogens is 1. The molecular weight excluding hydrogens is 422 g/mol. The van der Waals surface area contributed by atoms with Crippen LogP contribution in [0.3, 0.4) is 0 Å². The summed E-state index contributed by atoms with van der Waals surface area (Å²) in [6.45, 7) is 2.54. The van der Waals surface area contributed by atoms with Gasteiger partial charge in [0.2, 0.25) is 10.0 Å². The minimum absolute atomic E-state index is 0.00231. The Morgan fingerprint density at radius 1 is 1.41 bits per heavy atom. The van der Waals surface area contributed by atoms with Gasteiger partial charge in [-0.25, -0.2) is 17.9 Å². The molecule has 0 bridgehead atoms. The fourth-order valence-corrected chi connectivity index (χ4v) is 4.40. The van der Waals surface area contributed by atoms with Gasteiger partial charge in [-0.3, -0.25) is 0 Å². The minimum atomic E-state index is -3.92. The molecule has 0 amide bonds. The van der Waals surface area contributed by atoms with Crippen molar-refractivity contribution in [1.29, 1.82) is 0 Å². The van der Waals surface area contributed by atoms with E-state index in [4.69, 9.17) is 25.6 Å². The number of esters is 1. The molecule has 1 atom stereocenters. The lowest BCUT2D eigenvalue weighted by molar-refractivity contribution is 0.0429. The molecule has 0 saturated carbocycles. The van der Waals surface area contributed by atoms with Gasteiger partial charge >= 0.3 is 5.97 Å². The first kappa shape index (κ1) is 21.7. The topological polar surface area (TPSA) is 121 Å². The number of sulfonamides is 1. The first-order chi connectivity index (χ1) is 13.9. The van der Waals surface area contributed by atoms with Gasteiger partial charge in [-0.2, -0.15) is 4.98 Å². The molecule has 1 aromatic carbocycles. The van der Waals surface area contributed by atoms with E-state index in [1.807, 2.05) is 6.92 Å². The predicted molar refractivity (Wildman–Crippen MR) is 103 cm³/mol. The molecule has 1 aliphatic rings. The van der Waals surface area contributed by atoms with Crippen LogP contribution in [-0.2, 0) is 32.5 Å². The molecule has 1 fully saturated rings. The van der Waals surface area contributed by atoms with Gasteiger partial charge in [-0.1, -0.05) is 23.7 Å². The third-order valence-corrected chi connectivity index (χ3v) is 6.20. The number of aryl methyl sites for hydroxylation is 1. The van der Waals surface area contributed by atoms with Gasteiger partial charge < -0.3 is 14.0 Å². The van der Waals surface area contributed by atoms with Gasteiger partial charge in [0, 0.05) is 19.6 Å². The number of carbonyl (C=O) groups is 1. The largest absolute Gasteiger partial charge is 0.452 e. The quantitative estimate of drug-likeness (QED) is 0.587. The lowest BCUT2D eigenvalue weighted by atomic mass is 10.2. The van der Waals surface area contributed by atoms with Gasteiger partial charge in [-0.05, 0) is 37.5 Å². The molecule has 2 heterocycles. The van der Waals surface area contributed by atoms with E-state index in [1.54, 1.807) is 0 Å². The molecule has 0 radical (unpaired) electrons. The summed E-state index contributed by atoms with van der Waals surface area (Å²) in [4.78, 5) is 16.2. The third-order valence-electron chi connectivity index (χ3n) is 4.29. The van der Waals surface area contributed by atoms with E-state index in [-0.39, 0.29) is 40.6 Å². The van der Waals surface area contributed by atoms with Crippen LogP contribution in [-0.4, -0.2) is 43.8 Å². The Morgan fingerprint density at radius 3 is 2.97 bits per heavy atom. The molecule has 0 spiro atoms. The number of nitrogens with one attached hydrogen (secondary N) is 1. The Labute approximate surface area is 173 Å². The Bertz CT molecular complexity index is 956. The molecule has 158 valence electrons. The highest BCUT2D eigenvalue weighted by atomic mass is 35.5. The molecule has 29 heavy (non-hydrogen) atoms. The second kappa shape index (κ2) is 9.66. The van der Waals surface area contributed by atoms with E-state index in [1.165, 1.54) is 18.2 Å². The van der Waals surface area contributed by atoms with Crippen molar-refractivity contribution in [3.8, 4) is 0 Å². The molecule has 2 aromatic rings. The lowest BCUT2D eigenvalue weighted by Gasteiger charge is -2.13. The molecule has 1 saturated heterocycles. The fourth-order valence-electron chi connectivity index (χ4n) is 2.81.